The van der Waals surface area contributed by atoms with E-state index in [1.54, 1.807) is 12.5 Å². The van der Waals surface area contributed by atoms with Crippen LogP contribution in [-0.2, 0) is 0 Å². The summed E-state index contributed by atoms with van der Waals surface area (Å²) in [7, 11) is 0. The molecule has 0 aliphatic carbocycles. The number of imidazole rings is 1. The van der Waals surface area contributed by atoms with Gasteiger partial charge in [0, 0.05) is 43.6 Å². The molecule has 9 nitrogen and oxygen atoms in total. The lowest BCUT2D eigenvalue weighted by Crippen LogP contribution is -2.37. The van der Waals surface area contributed by atoms with Gasteiger partial charge in [-0.2, -0.15) is 0 Å². The Balaban J connectivity index is 1.26. The van der Waals surface area contributed by atoms with E-state index in [-0.39, 0.29) is 17.9 Å². The Morgan fingerprint density at radius 3 is 2.67 bits per heavy atom. The summed E-state index contributed by atoms with van der Waals surface area (Å²) >= 11 is 0. The number of hydrogen-bond acceptors (Lipinski definition) is 7. The molecule has 2 aliphatic heterocycles. The van der Waals surface area contributed by atoms with Crippen LogP contribution in [-0.4, -0.2) is 44.1 Å². The number of hydrogen-bond donors (Lipinski definition) is 2. The molecule has 5 heterocycles. The molecule has 1 atom stereocenters. The molecule has 1 aromatic carbocycles. The normalized spacial score (nSPS) is 18.5. The van der Waals surface area contributed by atoms with E-state index in [0.29, 0.717) is 0 Å². The number of para-hydroxylation sites is 2. The van der Waals surface area contributed by atoms with E-state index in [1.165, 1.54) is 0 Å². The third kappa shape index (κ3) is 3.23. The predicted octanol–water partition coefficient (Wildman–Crippen LogP) is 3.31. The van der Waals surface area contributed by atoms with Gasteiger partial charge in [-0.1, -0.05) is 18.2 Å². The maximum absolute atomic E-state index is 12.6. The monoisotopic (exact) mass is 442 g/mol. The molecule has 1 unspecified atom stereocenters. The first-order chi connectivity index (χ1) is 16.2. The van der Waals surface area contributed by atoms with Crippen LogP contribution in [0.5, 0.6) is 0 Å². The summed E-state index contributed by atoms with van der Waals surface area (Å²) in [5.41, 5.74) is 3.90. The van der Waals surface area contributed by atoms with E-state index < -0.39 is 0 Å². The second-order valence-corrected chi connectivity index (χ2v) is 8.55. The molecule has 0 spiro atoms. The first-order valence-electron chi connectivity index (χ1n) is 11.5. The van der Waals surface area contributed by atoms with Crippen LogP contribution in [0.4, 0.5) is 17.3 Å². The van der Waals surface area contributed by atoms with Crippen molar-refractivity contribution in [3.05, 3.63) is 71.2 Å². The molecular weight excluding hydrogens is 416 g/mol. The van der Waals surface area contributed by atoms with Gasteiger partial charge in [-0.15, -0.1) is 0 Å². The number of nitrogens with zero attached hydrogens (tertiary/aromatic N) is 6. The average Bonchev–Trinajstić information content (AvgIpc) is 3.41. The van der Waals surface area contributed by atoms with Crippen molar-refractivity contribution < 1.29 is 0 Å². The van der Waals surface area contributed by atoms with Gasteiger partial charge in [0.25, 0.3) is 0 Å². The zero-order chi connectivity index (χ0) is 22.4. The minimum Gasteiger partial charge on any atom is -0.355 e. The highest BCUT2D eigenvalue weighted by Gasteiger charge is 2.35. The van der Waals surface area contributed by atoms with Crippen LogP contribution in [0.1, 0.15) is 37.5 Å². The van der Waals surface area contributed by atoms with Crippen LogP contribution in [0, 0.1) is 0 Å². The highest BCUT2D eigenvalue weighted by molar-refractivity contribution is 5.83. The standard InChI is InChI=1S/C24H26N8O/c1-2-31-21(16-6-5-11-25-14-16)29-20-22(26-15-27-23(20)31)30-12-9-17(10-13-30)32-19-8-4-3-7-18(19)28-24(32)33/h3-8,11,14-15,17,21,29H,2,9-10,12-13H2,1H3,(H,28,33). The van der Waals surface area contributed by atoms with Gasteiger partial charge >= 0.3 is 5.69 Å². The number of H-pyrrole nitrogens is 1. The van der Waals surface area contributed by atoms with E-state index in [0.717, 1.165) is 66.4 Å². The number of aromatic nitrogens is 5. The van der Waals surface area contributed by atoms with Gasteiger partial charge in [0.1, 0.15) is 18.2 Å². The Hall–Kier alpha value is -3.88. The fraction of sp³-hybridized carbons (Fsp3) is 0.333. The first kappa shape index (κ1) is 19.8. The Kier molecular flexibility index (Phi) is 4.74. The summed E-state index contributed by atoms with van der Waals surface area (Å²) < 4.78 is 1.92. The highest BCUT2D eigenvalue weighted by atomic mass is 16.1. The van der Waals surface area contributed by atoms with Crippen molar-refractivity contribution in [2.75, 3.05) is 34.8 Å². The summed E-state index contributed by atoms with van der Waals surface area (Å²) in [5, 5.41) is 3.65. The van der Waals surface area contributed by atoms with E-state index in [2.05, 4.69) is 48.0 Å². The summed E-state index contributed by atoms with van der Waals surface area (Å²) in [6.07, 6.45) is 7.07. The van der Waals surface area contributed by atoms with Crippen molar-refractivity contribution in [1.82, 2.24) is 24.5 Å². The summed E-state index contributed by atoms with van der Waals surface area (Å²) in [6.45, 7) is 4.60. The van der Waals surface area contributed by atoms with Crippen molar-refractivity contribution in [2.24, 2.45) is 0 Å². The van der Waals surface area contributed by atoms with Gasteiger partial charge in [-0.25, -0.2) is 14.8 Å². The van der Waals surface area contributed by atoms with Gasteiger partial charge in [0.2, 0.25) is 0 Å². The second kappa shape index (κ2) is 7.91. The summed E-state index contributed by atoms with van der Waals surface area (Å²) in [4.78, 5) is 33.7. The molecule has 0 bridgehead atoms. The largest absolute Gasteiger partial charge is 0.355 e. The quantitative estimate of drug-likeness (QED) is 0.501. The van der Waals surface area contributed by atoms with Crippen molar-refractivity contribution in [3.8, 4) is 0 Å². The molecule has 4 aromatic rings. The van der Waals surface area contributed by atoms with Gasteiger partial charge in [0.15, 0.2) is 11.6 Å². The number of aromatic amines is 1. The molecular formula is C24H26N8O. The zero-order valence-corrected chi connectivity index (χ0v) is 18.5. The summed E-state index contributed by atoms with van der Waals surface area (Å²) in [5.74, 6) is 1.85. The number of rotatable bonds is 4. The average molecular weight is 443 g/mol. The maximum Gasteiger partial charge on any atom is 0.326 e. The fourth-order valence-corrected chi connectivity index (χ4v) is 5.20. The Labute approximate surface area is 191 Å². The predicted molar refractivity (Wildman–Crippen MR) is 129 cm³/mol. The molecule has 0 radical (unpaired) electrons. The van der Waals surface area contributed by atoms with Gasteiger partial charge < -0.3 is 20.1 Å². The van der Waals surface area contributed by atoms with E-state index in [9.17, 15) is 4.79 Å². The molecule has 3 aromatic heterocycles. The molecule has 2 N–H and O–H groups in total. The third-order valence-electron chi connectivity index (χ3n) is 6.77. The molecule has 1 saturated heterocycles. The number of anilines is 3. The van der Waals surface area contributed by atoms with E-state index in [4.69, 9.17) is 0 Å². The smallest absolute Gasteiger partial charge is 0.326 e. The van der Waals surface area contributed by atoms with Crippen LogP contribution in [0.2, 0.25) is 0 Å². The van der Waals surface area contributed by atoms with Crippen molar-refractivity contribution in [1.29, 1.82) is 0 Å². The molecule has 1 fully saturated rings. The second-order valence-electron chi connectivity index (χ2n) is 8.55. The van der Waals surface area contributed by atoms with Crippen LogP contribution in [0.15, 0.2) is 59.9 Å². The molecule has 2 aliphatic rings. The van der Waals surface area contributed by atoms with Crippen LogP contribution in [0.25, 0.3) is 11.0 Å². The fourth-order valence-electron chi connectivity index (χ4n) is 5.20. The van der Waals surface area contributed by atoms with Gasteiger partial charge in [-0.05, 0) is 38.0 Å². The molecule has 0 saturated carbocycles. The SMILES string of the molecule is CCN1c2ncnc(N3CCC(n4c(=O)[nH]c5ccccc54)CC3)c2NC1c1cccnc1. The molecule has 33 heavy (non-hydrogen) atoms. The van der Waals surface area contributed by atoms with Gasteiger partial charge in [-0.3, -0.25) is 9.55 Å². The number of piperidine rings is 1. The minimum atomic E-state index is -0.0304. The lowest BCUT2D eigenvalue weighted by Gasteiger charge is -2.34. The third-order valence-corrected chi connectivity index (χ3v) is 6.77. The van der Waals surface area contributed by atoms with E-state index >= 15 is 0 Å². The first-order valence-corrected chi connectivity index (χ1v) is 11.5. The molecule has 0 amide bonds. The molecule has 168 valence electrons. The highest BCUT2D eigenvalue weighted by Crippen LogP contribution is 2.44. The Morgan fingerprint density at radius 1 is 1.06 bits per heavy atom. The zero-order valence-electron chi connectivity index (χ0n) is 18.5. The minimum absolute atomic E-state index is 0.0171. The molecule has 9 heteroatoms. The number of benzene rings is 1. The maximum atomic E-state index is 12.6. The Morgan fingerprint density at radius 2 is 1.88 bits per heavy atom. The number of nitrogens with one attached hydrogen (secondary N) is 2. The van der Waals surface area contributed by atoms with Crippen molar-refractivity contribution >= 4 is 28.4 Å². The van der Waals surface area contributed by atoms with Crippen LogP contribution in [0.3, 0.4) is 0 Å². The number of pyridine rings is 1. The lowest BCUT2D eigenvalue weighted by molar-refractivity contribution is 0.395. The molecule has 6 rings (SSSR count). The van der Waals surface area contributed by atoms with Crippen LogP contribution >= 0.6 is 0 Å². The van der Waals surface area contributed by atoms with Crippen LogP contribution < -0.4 is 20.8 Å². The summed E-state index contributed by atoms with van der Waals surface area (Å²) in [6, 6.07) is 12.1. The lowest BCUT2D eigenvalue weighted by atomic mass is 10.0. The van der Waals surface area contributed by atoms with E-state index in [1.807, 2.05) is 41.1 Å². The topological polar surface area (TPSA) is 95.0 Å². The van der Waals surface area contributed by atoms with Crippen molar-refractivity contribution in [3.63, 3.8) is 0 Å². The van der Waals surface area contributed by atoms with Gasteiger partial charge in [0.05, 0.1) is 11.0 Å². The number of fused-ring (bicyclic) bond motifs is 2. The van der Waals surface area contributed by atoms with Crippen molar-refractivity contribution in [2.45, 2.75) is 32.0 Å². The Bertz CT molecular complexity index is 1340.